The van der Waals surface area contributed by atoms with Gasteiger partial charge in [0.2, 0.25) is 11.8 Å². The van der Waals surface area contributed by atoms with Gasteiger partial charge in [-0.15, -0.1) is 0 Å². The number of nitrogens with one attached hydrogen (secondary N) is 1. The minimum atomic E-state index is -0.299. The van der Waals surface area contributed by atoms with Gasteiger partial charge in [-0.05, 0) is 50.3 Å². The lowest BCUT2D eigenvalue weighted by Gasteiger charge is -2.48. The van der Waals surface area contributed by atoms with Crippen LogP contribution in [0.4, 0.5) is 5.69 Å². The molecule has 3 heterocycles. The molecule has 1 aromatic carbocycles. The lowest BCUT2D eigenvalue weighted by atomic mass is 9.68. The Morgan fingerprint density at radius 3 is 2.58 bits per heavy atom. The Morgan fingerprint density at radius 2 is 1.85 bits per heavy atom. The van der Waals surface area contributed by atoms with Crippen molar-refractivity contribution >= 4 is 17.5 Å². The zero-order valence-corrected chi connectivity index (χ0v) is 15.5. The second-order valence-corrected chi connectivity index (χ2v) is 8.91. The summed E-state index contributed by atoms with van der Waals surface area (Å²) >= 11 is 0. The third kappa shape index (κ3) is 2.26. The standard InChI is InChI=1S/C21H27N3O2/c1-15(25)24-13-20(14-24)10-11-23(12-20)16-6-8-21(9-7-16)17-4-2-3-5-18(17)22-19(21)26/h2-5,16H,6-14H2,1H3,(H,22,26). The highest BCUT2D eigenvalue weighted by Gasteiger charge is 2.52. The van der Waals surface area contributed by atoms with Crippen LogP contribution in [0.1, 0.15) is 44.6 Å². The van der Waals surface area contributed by atoms with Crippen LogP contribution >= 0.6 is 0 Å². The molecule has 3 fully saturated rings. The van der Waals surface area contributed by atoms with Crippen molar-refractivity contribution in [3.63, 3.8) is 0 Å². The number of carbonyl (C=O) groups is 2. The van der Waals surface area contributed by atoms with E-state index in [0.29, 0.717) is 11.5 Å². The lowest BCUT2D eigenvalue weighted by Crippen LogP contribution is -2.59. The molecule has 1 aliphatic carbocycles. The summed E-state index contributed by atoms with van der Waals surface area (Å²) in [7, 11) is 0. The number of likely N-dealkylation sites (tertiary alicyclic amines) is 2. The molecule has 5 rings (SSSR count). The van der Waals surface area contributed by atoms with E-state index in [0.717, 1.165) is 57.5 Å². The molecule has 0 atom stereocenters. The molecule has 2 saturated heterocycles. The minimum absolute atomic E-state index is 0.200. The Kier molecular flexibility index (Phi) is 3.48. The van der Waals surface area contributed by atoms with Gasteiger partial charge >= 0.3 is 0 Å². The van der Waals surface area contributed by atoms with Crippen molar-refractivity contribution in [3.8, 4) is 0 Å². The Morgan fingerprint density at radius 1 is 1.12 bits per heavy atom. The van der Waals surface area contributed by atoms with Gasteiger partial charge in [-0.2, -0.15) is 0 Å². The number of hydrogen-bond acceptors (Lipinski definition) is 3. The fraction of sp³-hybridized carbons (Fsp3) is 0.619. The van der Waals surface area contributed by atoms with E-state index in [1.165, 1.54) is 12.0 Å². The summed E-state index contributed by atoms with van der Waals surface area (Å²) in [5.41, 5.74) is 2.26. The number of anilines is 1. The van der Waals surface area contributed by atoms with Crippen LogP contribution in [0.3, 0.4) is 0 Å². The van der Waals surface area contributed by atoms with Crippen molar-refractivity contribution in [2.45, 2.75) is 50.5 Å². The van der Waals surface area contributed by atoms with Crippen LogP contribution < -0.4 is 5.32 Å². The molecule has 2 spiro atoms. The number of hydrogen-bond donors (Lipinski definition) is 1. The van der Waals surface area contributed by atoms with E-state index in [4.69, 9.17) is 0 Å². The van der Waals surface area contributed by atoms with E-state index in [1.54, 1.807) is 6.92 Å². The van der Waals surface area contributed by atoms with Gasteiger partial charge in [0.15, 0.2) is 0 Å². The number of rotatable bonds is 1. The molecule has 26 heavy (non-hydrogen) atoms. The summed E-state index contributed by atoms with van der Waals surface area (Å²) in [5, 5.41) is 3.10. The number of fused-ring (bicyclic) bond motifs is 2. The molecule has 0 aromatic heterocycles. The largest absolute Gasteiger partial charge is 0.342 e. The highest BCUT2D eigenvalue weighted by molar-refractivity contribution is 6.06. The minimum Gasteiger partial charge on any atom is -0.342 e. The maximum absolute atomic E-state index is 12.7. The van der Waals surface area contributed by atoms with E-state index >= 15 is 0 Å². The van der Waals surface area contributed by atoms with Crippen molar-refractivity contribution in [2.24, 2.45) is 5.41 Å². The molecule has 1 N–H and O–H groups in total. The van der Waals surface area contributed by atoms with Crippen LogP contribution in [0.5, 0.6) is 0 Å². The molecule has 1 aromatic rings. The monoisotopic (exact) mass is 353 g/mol. The van der Waals surface area contributed by atoms with Crippen LogP contribution in [0, 0.1) is 5.41 Å². The molecule has 138 valence electrons. The van der Waals surface area contributed by atoms with Gasteiger partial charge in [0.05, 0.1) is 5.41 Å². The first-order chi connectivity index (χ1) is 12.5. The first-order valence-corrected chi connectivity index (χ1v) is 9.92. The molecule has 1 saturated carbocycles. The average molecular weight is 353 g/mol. The number of nitrogens with zero attached hydrogens (tertiary/aromatic N) is 2. The zero-order valence-electron chi connectivity index (χ0n) is 15.5. The van der Waals surface area contributed by atoms with Gasteiger partial charge in [-0.25, -0.2) is 0 Å². The van der Waals surface area contributed by atoms with Gasteiger partial charge in [-0.3, -0.25) is 14.5 Å². The van der Waals surface area contributed by atoms with Gasteiger partial charge < -0.3 is 10.2 Å². The van der Waals surface area contributed by atoms with Crippen molar-refractivity contribution < 1.29 is 9.59 Å². The van der Waals surface area contributed by atoms with Gasteiger partial charge in [0.25, 0.3) is 0 Å². The van der Waals surface area contributed by atoms with Crippen LogP contribution in [-0.2, 0) is 15.0 Å². The van der Waals surface area contributed by atoms with Gasteiger partial charge in [-0.1, -0.05) is 18.2 Å². The number of benzene rings is 1. The third-order valence-electron chi connectivity index (χ3n) is 7.42. The molecule has 0 radical (unpaired) electrons. The Balaban J connectivity index is 1.25. The molecule has 0 bridgehead atoms. The Labute approximate surface area is 154 Å². The highest BCUT2D eigenvalue weighted by Crippen LogP contribution is 2.49. The second kappa shape index (κ2) is 5.56. The molecule has 2 amide bonds. The van der Waals surface area contributed by atoms with Crippen LogP contribution in [0.15, 0.2) is 24.3 Å². The zero-order chi connectivity index (χ0) is 17.9. The highest BCUT2D eigenvalue weighted by atomic mass is 16.2. The summed E-state index contributed by atoms with van der Waals surface area (Å²) in [6.45, 7) is 5.81. The third-order valence-corrected chi connectivity index (χ3v) is 7.42. The molecule has 5 nitrogen and oxygen atoms in total. The summed E-state index contributed by atoms with van der Waals surface area (Å²) in [4.78, 5) is 28.8. The summed E-state index contributed by atoms with van der Waals surface area (Å²) in [5.74, 6) is 0.408. The molecular formula is C21H27N3O2. The normalized spacial score (nSPS) is 32.6. The molecular weight excluding hydrogens is 326 g/mol. The predicted octanol–water partition coefficient (Wildman–Crippen LogP) is 2.37. The topological polar surface area (TPSA) is 52.7 Å². The Bertz CT molecular complexity index is 760. The van der Waals surface area contributed by atoms with E-state index in [2.05, 4.69) is 22.3 Å². The maximum Gasteiger partial charge on any atom is 0.235 e. The smallest absolute Gasteiger partial charge is 0.235 e. The average Bonchev–Trinajstić information content (AvgIpc) is 3.16. The van der Waals surface area contributed by atoms with Crippen molar-refractivity contribution in [3.05, 3.63) is 29.8 Å². The van der Waals surface area contributed by atoms with Crippen LogP contribution in [0.2, 0.25) is 0 Å². The SMILES string of the molecule is CC(=O)N1CC2(CCN(C3CCC4(CC3)C(=O)Nc3ccccc34)C2)C1. The van der Waals surface area contributed by atoms with Gasteiger partial charge in [0, 0.05) is 43.7 Å². The summed E-state index contributed by atoms with van der Waals surface area (Å²) < 4.78 is 0. The van der Waals surface area contributed by atoms with E-state index < -0.39 is 0 Å². The van der Waals surface area contributed by atoms with Crippen LogP contribution in [0.25, 0.3) is 0 Å². The quantitative estimate of drug-likeness (QED) is 0.843. The van der Waals surface area contributed by atoms with Crippen LogP contribution in [-0.4, -0.2) is 53.8 Å². The number of amides is 2. The van der Waals surface area contributed by atoms with E-state index in [9.17, 15) is 9.59 Å². The fourth-order valence-electron chi connectivity index (χ4n) is 5.86. The van der Waals surface area contributed by atoms with Gasteiger partial charge in [0.1, 0.15) is 0 Å². The molecule has 3 aliphatic heterocycles. The van der Waals surface area contributed by atoms with Crippen molar-refractivity contribution in [1.29, 1.82) is 0 Å². The fourth-order valence-corrected chi connectivity index (χ4v) is 5.86. The summed E-state index contributed by atoms with van der Waals surface area (Å²) in [6.07, 6.45) is 5.29. The predicted molar refractivity (Wildman–Crippen MR) is 99.9 cm³/mol. The number of carbonyl (C=O) groups excluding carboxylic acids is 2. The van der Waals surface area contributed by atoms with Crippen molar-refractivity contribution in [1.82, 2.24) is 9.80 Å². The first kappa shape index (κ1) is 16.3. The van der Waals surface area contributed by atoms with E-state index in [-0.39, 0.29) is 17.2 Å². The van der Waals surface area contributed by atoms with E-state index in [1.807, 2.05) is 17.0 Å². The lowest BCUT2D eigenvalue weighted by molar-refractivity contribution is -0.140. The number of para-hydroxylation sites is 1. The maximum atomic E-state index is 12.7. The summed E-state index contributed by atoms with van der Waals surface area (Å²) in [6, 6.07) is 8.79. The first-order valence-electron chi connectivity index (χ1n) is 9.92. The van der Waals surface area contributed by atoms with Crippen molar-refractivity contribution in [2.75, 3.05) is 31.5 Å². The molecule has 5 heteroatoms. The molecule has 0 unspecified atom stereocenters. The molecule has 4 aliphatic rings. The second-order valence-electron chi connectivity index (χ2n) is 8.91. The Hall–Kier alpha value is -1.88.